The topological polar surface area (TPSA) is 63.6 Å². The van der Waals surface area contributed by atoms with Crippen molar-refractivity contribution in [2.75, 3.05) is 5.32 Å². The molecule has 2 rings (SSSR count). The third kappa shape index (κ3) is 3.25. The molecule has 0 atom stereocenters. The van der Waals surface area contributed by atoms with Crippen molar-refractivity contribution >= 4 is 28.9 Å². The normalized spacial score (nSPS) is 10.3. The first kappa shape index (κ1) is 12.0. The van der Waals surface area contributed by atoms with Gasteiger partial charge < -0.3 is 5.32 Å². The first-order valence-corrected chi connectivity index (χ1v) is 5.62. The molecule has 7 heteroatoms. The van der Waals surface area contributed by atoms with Crippen LogP contribution in [0.15, 0.2) is 18.3 Å². The molecule has 0 amide bonds. The zero-order valence-corrected chi connectivity index (χ0v) is 10.5. The maximum absolute atomic E-state index is 5.87. The van der Waals surface area contributed by atoms with E-state index in [0.29, 0.717) is 12.2 Å². The Morgan fingerprint density at radius 2 is 2.12 bits per heavy atom. The fourth-order valence-corrected chi connectivity index (χ4v) is 1.57. The second-order valence-corrected chi connectivity index (χ2v) is 4.07. The maximum Gasteiger partial charge on any atom is 0.174 e. The predicted octanol–water partition coefficient (Wildman–Crippen LogP) is 2.49. The van der Waals surface area contributed by atoms with Gasteiger partial charge in [-0.2, -0.15) is 0 Å². The first-order chi connectivity index (χ1) is 8.15. The minimum Gasteiger partial charge on any atom is -0.377 e. The molecular weight excluding hydrogens is 261 g/mol. The van der Waals surface area contributed by atoms with Crippen molar-refractivity contribution in [2.24, 2.45) is 0 Å². The van der Waals surface area contributed by atoms with E-state index in [4.69, 9.17) is 23.2 Å². The van der Waals surface area contributed by atoms with Gasteiger partial charge in [0.05, 0.1) is 17.9 Å². The molecule has 2 aromatic rings. The number of nitrogens with zero attached hydrogens (tertiary/aromatic N) is 4. The summed E-state index contributed by atoms with van der Waals surface area (Å²) < 4.78 is 0. The van der Waals surface area contributed by atoms with Gasteiger partial charge in [-0.3, -0.25) is 0 Å². The molecule has 0 aliphatic rings. The SMILES string of the molecule is Cc1nccc(CNc2cc(Cl)nnc2Cl)n1. The highest BCUT2D eigenvalue weighted by atomic mass is 35.5. The second kappa shape index (κ2) is 5.25. The molecule has 0 radical (unpaired) electrons. The highest BCUT2D eigenvalue weighted by Gasteiger charge is 2.04. The van der Waals surface area contributed by atoms with Crippen LogP contribution in [0.5, 0.6) is 0 Å². The number of hydrogen-bond acceptors (Lipinski definition) is 5. The Hall–Kier alpha value is -1.46. The minimum absolute atomic E-state index is 0.278. The van der Waals surface area contributed by atoms with Gasteiger partial charge in [-0.25, -0.2) is 9.97 Å². The molecule has 88 valence electrons. The molecule has 5 nitrogen and oxygen atoms in total. The number of anilines is 1. The summed E-state index contributed by atoms with van der Waals surface area (Å²) in [5, 5.41) is 11.0. The number of rotatable bonds is 3. The summed E-state index contributed by atoms with van der Waals surface area (Å²) in [5.41, 5.74) is 1.49. The zero-order chi connectivity index (χ0) is 12.3. The van der Waals surface area contributed by atoms with Crippen LogP contribution in [-0.2, 0) is 6.54 Å². The van der Waals surface area contributed by atoms with Crippen molar-refractivity contribution in [3.8, 4) is 0 Å². The molecule has 0 aliphatic heterocycles. The number of hydrogen-bond donors (Lipinski definition) is 1. The predicted molar refractivity (Wildman–Crippen MR) is 66.1 cm³/mol. The van der Waals surface area contributed by atoms with Gasteiger partial charge in [0, 0.05) is 12.3 Å². The van der Waals surface area contributed by atoms with Crippen molar-refractivity contribution in [1.82, 2.24) is 20.2 Å². The number of aromatic nitrogens is 4. The van der Waals surface area contributed by atoms with Crippen LogP contribution in [0.25, 0.3) is 0 Å². The third-order valence-corrected chi connectivity index (χ3v) is 2.48. The molecule has 1 N–H and O–H groups in total. The van der Waals surface area contributed by atoms with Gasteiger partial charge in [-0.15, -0.1) is 10.2 Å². The lowest BCUT2D eigenvalue weighted by atomic mass is 10.3. The van der Waals surface area contributed by atoms with Gasteiger partial charge in [-0.05, 0) is 13.0 Å². The molecule has 0 saturated carbocycles. The molecule has 0 fully saturated rings. The van der Waals surface area contributed by atoms with E-state index in [0.717, 1.165) is 11.5 Å². The van der Waals surface area contributed by atoms with Crippen molar-refractivity contribution in [1.29, 1.82) is 0 Å². The van der Waals surface area contributed by atoms with Gasteiger partial charge >= 0.3 is 0 Å². The Morgan fingerprint density at radius 3 is 2.88 bits per heavy atom. The summed E-state index contributed by atoms with van der Waals surface area (Å²) in [6.45, 7) is 2.35. The van der Waals surface area contributed by atoms with Gasteiger partial charge in [0.2, 0.25) is 0 Å². The van der Waals surface area contributed by atoms with Crippen LogP contribution in [0.4, 0.5) is 5.69 Å². The lowest BCUT2D eigenvalue weighted by molar-refractivity contribution is 0.949. The molecule has 0 aromatic carbocycles. The highest BCUT2D eigenvalue weighted by Crippen LogP contribution is 2.21. The molecule has 0 bridgehead atoms. The fraction of sp³-hybridized carbons (Fsp3) is 0.200. The van der Waals surface area contributed by atoms with Gasteiger partial charge in [-0.1, -0.05) is 23.2 Å². The zero-order valence-electron chi connectivity index (χ0n) is 8.98. The van der Waals surface area contributed by atoms with Crippen molar-refractivity contribution in [2.45, 2.75) is 13.5 Å². The summed E-state index contributed by atoms with van der Waals surface area (Å²) in [6.07, 6.45) is 1.71. The first-order valence-electron chi connectivity index (χ1n) is 4.86. The van der Waals surface area contributed by atoms with Crippen molar-refractivity contribution in [3.63, 3.8) is 0 Å². The summed E-state index contributed by atoms with van der Waals surface area (Å²) in [4.78, 5) is 8.27. The van der Waals surface area contributed by atoms with Gasteiger partial charge in [0.1, 0.15) is 5.82 Å². The molecule has 0 saturated heterocycles. The minimum atomic E-state index is 0.278. The fourth-order valence-electron chi connectivity index (χ4n) is 1.27. The standard InChI is InChI=1S/C10H9Cl2N5/c1-6-13-3-2-7(15-6)5-14-8-4-9(11)16-17-10(8)12/h2-4H,5H2,1H3,(H,14,16). The Kier molecular flexibility index (Phi) is 3.71. The van der Waals surface area contributed by atoms with E-state index in [1.165, 1.54) is 0 Å². The van der Waals surface area contributed by atoms with E-state index < -0.39 is 0 Å². The van der Waals surface area contributed by atoms with Crippen LogP contribution in [-0.4, -0.2) is 20.2 Å². The number of aryl methyl sites for hydroxylation is 1. The van der Waals surface area contributed by atoms with Crippen LogP contribution >= 0.6 is 23.2 Å². The van der Waals surface area contributed by atoms with Gasteiger partial charge in [0.15, 0.2) is 10.3 Å². The molecule has 0 spiro atoms. The number of halogens is 2. The molecule has 17 heavy (non-hydrogen) atoms. The second-order valence-electron chi connectivity index (χ2n) is 3.32. The average molecular weight is 270 g/mol. The smallest absolute Gasteiger partial charge is 0.174 e. The molecule has 0 aliphatic carbocycles. The molecule has 2 heterocycles. The van der Waals surface area contributed by atoms with Crippen LogP contribution in [0, 0.1) is 6.92 Å². The monoisotopic (exact) mass is 269 g/mol. The number of nitrogens with one attached hydrogen (secondary N) is 1. The van der Waals surface area contributed by atoms with E-state index in [1.807, 2.05) is 13.0 Å². The van der Waals surface area contributed by atoms with E-state index in [-0.39, 0.29) is 10.3 Å². The van der Waals surface area contributed by atoms with Gasteiger partial charge in [0.25, 0.3) is 0 Å². The van der Waals surface area contributed by atoms with Crippen LogP contribution in [0.1, 0.15) is 11.5 Å². The molecule has 2 aromatic heterocycles. The third-order valence-electron chi connectivity index (χ3n) is 2.01. The summed E-state index contributed by atoms with van der Waals surface area (Å²) >= 11 is 11.6. The van der Waals surface area contributed by atoms with E-state index in [2.05, 4.69) is 25.5 Å². The summed E-state index contributed by atoms with van der Waals surface area (Å²) in [6, 6.07) is 3.44. The van der Waals surface area contributed by atoms with E-state index >= 15 is 0 Å². The highest BCUT2D eigenvalue weighted by molar-refractivity contribution is 6.33. The van der Waals surface area contributed by atoms with E-state index in [9.17, 15) is 0 Å². The van der Waals surface area contributed by atoms with Crippen LogP contribution < -0.4 is 5.32 Å². The largest absolute Gasteiger partial charge is 0.377 e. The van der Waals surface area contributed by atoms with Crippen LogP contribution in [0.2, 0.25) is 10.3 Å². The lowest BCUT2D eigenvalue weighted by Gasteiger charge is -2.07. The summed E-state index contributed by atoms with van der Waals surface area (Å²) in [5.74, 6) is 0.723. The van der Waals surface area contributed by atoms with Crippen molar-refractivity contribution < 1.29 is 0 Å². The van der Waals surface area contributed by atoms with Crippen LogP contribution in [0.3, 0.4) is 0 Å². The summed E-state index contributed by atoms with van der Waals surface area (Å²) in [7, 11) is 0. The Bertz CT molecular complexity index is 532. The molecule has 0 unspecified atom stereocenters. The van der Waals surface area contributed by atoms with Crippen molar-refractivity contribution in [3.05, 3.63) is 40.2 Å². The van der Waals surface area contributed by atoms with E-state index in [1.54, 1.807) is 12.3 Å². The Labute approximate surface area is 108 Å². The Morgan fingerprint density at radius 1 is 1.29 bits per heavy atom. The molecular formula is C10H9Cl2N5. The average Bonchev–Trinajstić information content (AvgIpc) is 2.30. The Balaban J connectivity index is 2.09. The maximum atomic E-state index is 5.87. The lowest BCUT2D eigenvalue weighted by Crippen LogP contribution is -2.04. The quantitative estimate of drug-likeness (QED) is 0.928.